The second kappa shape index (κ2) is 7.00. The van der Waals surface area contributed by atoms with E-state index in [4.69, 9.17) is 5.26 Å². The van der Waals surface area contributed by atoms with Gasteiger partial charge in [-0.1, -0.05) is 0 Å². The molecule has 3 nitrogen and oxygen atoms in total. The van der Waals surface area contributed by atoms with Crippen molar-refractivity contribution in [2.75, 3.05) is 27.2 Å². The lowest BCUT2D eigenvalue weighted by molar-refractivity contribution is 0.320. The molecule has 0 radical (unpaired) electrons. The predicted molar refractivity (Wildman–Crippen MR) is 66.0 cm³/mol. The first-order valence-electron chi connectivity index (χ1n) is 5.69. The minimum Gasteiger partial charge on any atom is -0.320 e. The molecule has 0 fully saturated rings. The Kier molecular flexibility index (Phi) is 5.61. The number of halogens is 1. The van der Waals surface area contributed by atoms with Gasteiger partial charge in [-0.2, -0.15) is 5.26 Å². The summed E-state index contributed by atoms with van der Waals surface area (Å²) in [6.45, 7) is 2.48. The summed E-state index contributed by atoms with van der Waals surface area (Å²) in [5, 5.41) is 12.0. The summed E-state index contributed by atoms with van der Waals surface area (Å²) in [6, 6.07) is 6.38. The minimum absolute atomic E-state index is 0.289. The fourth-order valence-corrected chi connectivity index (χ4v) is 1.70. The van der Waals surface area contributed by atoms with Gasteiger partial charge in [-0.05, 0) is 57.4 Å². The second-order valence-corrected chi connectivity index (χ2v) is 4.11. The van der Waals surface area contributed by atoms with Crippen molar-refractivity contribution >= 4 is 0 Å². The summed E-state index contributed by atoms with van der Waals surface area (Å²) in [5.74, 6) is -0.289. The van der Waals surface area contributed by atoms with Crippen LogP contribution in [0.15, 0.2) is 18.2 Å². The lowest BCUT2D eigenvalue weighted by atomic mass is 10.1. The largest absolute Gasteiger partial charge is 0.320 e. The Balaban J connectivity index is 2.61. The molecule has 0 unspecified atom stereocenters. The van der Waals surface area contributed by atoms with E-state index in [1.54, 1.807) is 0 Å². The maximum atomic E-state index is 13.1. The number of rotatable bonds is 6. The highest BCUT2D eigenvalue weighted by atomic mass is 19.1. The van der Waals surface area contributed by atoms with Gasteiger partial charge in [0.1, 0.15) is 5.82 Å². The van der Waals surface area contributed by atoms with Gasteiger partial charge in [0.05, 0.1) is 11.6 Å². The van der Waals surface area contributed by atoms with Crippen molar-refractivity contribution in [3.63, 3.8) is 0 Å². The molecule has 1 rings (SSSR count). The van der Waals surface area contributed by atoms with Crippen molar-refractivity contribution in [1.82, 2.24) is 10.2 Å². The Morgan fingerprint density at radius 1 is 1.47 bits per heavy atom. The van der Waals surface area contributed by atoms with Gasteiger partial charge in [-0.15, -0.1) is 0 Å². The van der Waals surface area contributed by atoms with Crippen LogP contribution in [0, 0.1) is 17.1 Å². The van der Waals surface area contributed by atoms with E-state index in [1.165, 1.54) is 18.2 Å². The summed E-state index contributed by atoms with van der Waals surface area (Å²) in [4.78, 5) is 2.09. The summed E-state index contributed by atoms with van der Waals surface area (Å²) in [7, 11) is 3.89. The summed E-state index contributed by atoms with van der Waals surface area (Å²) < 4.78 is 13.1. The van der Waals surface area contributed by atoms with E-state index in [1.807, 2.05) is 14.1 Å². The first-order valence-corrected chi connectivity index (χ1v) is 5.69. The van der Waals surface area contributed by atoms with Crippen molar-refractivity contribution < 1.29 is 4.39 Å². The maximum absolute atomic E-state index is 13.1. The number of nitrogens with zero attached hydrogens (tertiary/aromatic N) is 2. The van der Waals surface area contributed by atoms with Crippen LogP contribution in [-0.4, -0.2) is 32.1 Å². The zero-order valence-electron chi connectivity index (χ0n) is 10.3. The molecule has 0 atom stereocenters. The van der Waals surface area contributed by atoms with Crippen molar-refractivity contribution in [3.8, 4) is 6.07 Å². The molecule has 0 aromatic heterocycles. The van der Waals surface area contributed by atoms with Crippen LogP contribution >= 0.6 is 0 Å². The van der Waals surface area contributed by atoms with Gasteiger partial charge in [0.2, 0.25) is 0 Å². The molecule has 0 amide bonds. The first kappa shape index (κ1) is 13.6. The number of hydrogen-bond donors (Lipinski definition) is 1. The highest BCUT2D eigenvalue weighted by Gasteiger charge is 2.06. The molecule has 92 valence electrons. The van der Waals surface area contributed by atoms with Crippen LogP contribution in [0.2, 0.25) is 0 Å². The fourth-order valence-electron chi connectivity index (χ4n) is 1.70. The van der Waals surface area contributed by atoms with Crippen LogP contribution in [0.3, 0.4) is 0 Å². The zero-order chi connectivity index (χ0) is 12.7. The Morgan fingerprint density at radius 3 is 2.88 bits per heavy atom. The first-order chi connectivity index (χ1) is 8.17. The molecule has 1 aromatic rings. The van der Waals surface area contributed by atoms with Crippen molar-refractivity contribution in [2.45, 2.75) is 13.0 Å². The van der Waals surface area contributed by atoms with E-state index in [-0.39, 0.29) is 5.82 Å². The molecule has 17 heavy (non-hydrogen) atoms. The molecule has 0 aliphatic carbocycles. The van der Waals surface area contributed by atoms with E-state index in [2.05, 4.69) is 16.3 Å². The highest BCUT2D eigenvalue weighted by Crippen LogP contribution is 2.12. The fraction of sp³-hybridized carbons (Fsp3) is 0.462. The third kappa shape index (κ3) is 4.51. The van der Waals surface area contributed by atoms with E-state index in [0.29, 0.717) is 12.1 Å². The van der Waals surface area contributed by atoms with Gasteiger partial charge in [0.25, 0.3) is 0 Å². The molecule has 4 heteroatoms. The van der Waals surface area contributed by atoms with Gasteiger partial charge in [0, 0.05) is 6.54 Å². The summed E-state index contributed by atoms with van der Waals surface area (Å²) in [6.07, 6.45) is 1.03. The molecule has 1 N–H and O–H groups in total. The number of nitriles is 1. The maximum Gasteiger partial charge on any atom is 0.123 e. The third-order valence-corrected chi connectivity index (χ3v) is 2.59. The predicted octanol–water partition coefficient (Wildman–Crippen LogP) is 1.74. The third-order valence-electron chi connectivity index (χ3n) is 2.59. The SMILES string of the molecule is CNCCCN(C)Cc1cc(F)ccc1C#N. The molecule has 0 aliphatic heterocycles. The van der Waals surface area contributed by atoms with E-state index in [9.17, 15) is 4.39 Å². The molecule has 0 heterocycles. The average Bonchev–Trinajstić information content (AvgIpc) is 2.29. The van der Waals surface area contributed by atoms with Crippen LogP contribution < -0.4 is 5.32 Å². The normalized spacial score (nSPS) is 10.5. The van der Waals surface area contributed by atoms with Gasteiger partial charge < -0.3 is 10.2 Å². The number of benzene rings is 1. The molecule has 0 aliphatic rings. The van der Waals surface area contributed by atoms with Gasteiger partial charge in [0.15, 0.2) is 0 Å². The molecule has 1 aromatic carbocycles. The molecule has 0 saturated carbocycles. The van der Waals surface area contributed by atoms with E-state index in [0.717, 1.165) is 25.1 Å². The number of hydrogen-bond acceptors (Lipinski definition) is 3. The van der Waals surface area contributed by atoms with Crippen LogP contribution in [0.4, 0.5) is 4.39 Å². The van der Waals surface area contributed by atoms with Crippen LogP contribution in [0.5, 0.6) is 0 Å². The molecular formula is C13H18FN3. The van der Waals surface area contributed by atoms with Crippen molar-refractivity contribution in [1.29, 1.82) is 5.26 Å². The topological polar surface area (TPSA) is 39.1 Å². The van der Waals surface area contributed by atoms with E-state index < -0.39 is 0 Å². The van der Waals surface area contributed by atoms with Gasteiger partial charge >= 0.3 is 0 Å². The van der Waals surface area contributed by atoms with Crippen LogP contribution in [0.1, 0.15) is 17.5 Å². The molecule has 0 saturated heterocycles. The Labute approximate surface area is 102 Å². The van der Waals surface area contributed by atoms with Gasteiger partial charge in [-0.3, -0.25) is 0 Å². The molecular weight excluding hydrogens is 217 g/mol. The Bertz CT molecular complexity index is 398. The monoisotopic (exact) mass is 235 g/mol. The quantitative estimate of drug-likeness (QED) is 0.763. The minimum atomic E-state index is -0.289. The molecule has 0 bridgehead atoms. The Hall–Kier alpha value is -1.44. The summed E-state index contributed by atoms with van der Waals surface area (Å²) in [5.41, 5.74) is 1.30. The lowest BCUT2D eigenvalue weighted by Gasteiger charge is -2.17. The molecule has 0 spiro atoms. The smallest absolute Gasteiger partial charge is 0.123 e. The highest BCUT2D eigenvalue weighted by molar-refractivity contribution is 5.37. The standard InChI is InChI=1S/C13H18FN3/c1-16-6-3-7-17(2)10-12-8-13(14)5-4-11(12)9-15/h4-5,8,16H,3,6-7,10H2,1-2H3. The second-order valence-electron chi connectivity index (χ2n) is 4.11. The summed E-state index contributed by atoms with van der Waals surface area (Å²) >= 11 is 0. The average molecular weight is 235 g/mol. The van der Waals surface area contributed by atoms with Gasteiger partial charge in [-0.25, -0.2) is 4.39 Å². The lowest BCUT2D eigenvalue weighted by Crippen LogP contribution is -2.22. The Morgan fingerprint density at radius 2 is 2.24 bits per heavy atom. The zero-order valence-corrected chi connectivity index (χ0v) is 10.3. The van der Waals surface area contributed by atoms with Crippen LogP contribution in [-0.2, 0) is 6.54 Å². The van der Waals surface area contributed by atoms with E-state index >= 15 is 0 Å². The van der Waals surface area contributed by atoms with Crippen molar-refractivity contribution in [2.24, 2.45) is 0 Å². The van der Waals surface area contributed by atoms with Crippen LogP contribution in [0.25, 0.3) is 0 Å². The van der Waals surface area contributed by atoms with Crippen molar-refractivity contribution in [3.05, 3.63) is 35.1 Å². The number of nitrogens with one attached hydrogen (secondary N) is 1.